The fraction of sp³-hybridized carbons (Fsp3) is 0.0909. The molecule has 1 aromatic heterocycles. The van der Waals surface area contributed by atoms with Gasteiger partial charge in [-0.05, 0) is 66.6 Å². The Morgan fingerprint density at radius 2 is 1.08 bits per heavy atom. The molecular weight excluding hydrogens is 440 g/mol. The number of carbonyl (C=O) groups is 1. The summed E-state index contributed by atoms with van der Waals surface area (Å²) in [4.78, 5) is 14.0. The summed E-state index contributed by atoms with van der Waals surface area (Å²) in [5.41, 5.74) is 9.60. The largest absolute Gasteiger partial charge is 0.378 e. The maximum absolute atomic E-state index is 11.9. The van der Waals surface area contributed by atoms with Crippen LogP contribution in [0, 0.1) is 0 Å². The van der Waals surface area contributed by atoms with Gasteiger partial charge in [-0.2, -0.15) is 4.57 Å². The molecule has 0 amide bonds. The topological polar surface area (TPSA) is 24.2 Å². The number of nitrogens with zero attached hydrogens (tertiary/aromatic N) is 2. The van der Waals surface area contributed by atoms with Crippen LogP contribution in [0.1, 0.15) is 17.3 Å². The lowest BCUT2D eigenvalue weighted by Gasteiger charge is -2.15. The van der Waals surface area contributed by atoms with E-state index < -0.39 is 0 Å². The number of benzene rings is 4. The van der Waals surface area contributed by atoms with Crippen molar-refractivity contribution in [2.24, 2.45) is 0 Å². The second-order valence-corrected chi connectivity index (χ2v) is 9.13. The Balaban J connectivity index is 1.80. The van der Waals surface area contributed by atoms with Crippen molar-refractivity contribution in [1.82, 2.24) is 0 Å². The summed E-state index contributed by atoms with van der Waals surface area (Å²) in [6.07, 6.45) is 0. The van der Waals surface area contributed by atoms with Crippen molar-refractivity contribution < 1.29 is 9.36 Å². The lowest BCUT2D eigenvalue weighted by molar-refractivity contribution is -0.572. The van der Waals surface area contributed by atoms with Crippen LogP contribution in [0.15, 0.2) is 121 Å². The van der Waals surface area contributed by atoms with Crippen LogP contribution in [-0.2, 0) is 0 Å². The van der Waals surface area contributed by atoms with Crippen molar-refractivity contribution in [2.75, 3.05) is 19.0 Å². The van der Waals surface area contributed by atoms with Crippen molar-refractivity contribution in [2.45, 2.75) is 6.92 Å². The molecule has 0 bridgehead atoms. The lowest BCUT2D eigenvalue weighted by Crippen LogP contribution is -2.36. The number of hydrogen-bond donors (Lipinski definition) is 0. The molecule has 0 atom stereocenters. The summed E-state index contributed by atoms with van der Waals surface area (Å²) in [6, 6.07) is 42.0. The van der Waals surface area contributed by atoms with Gasteiger partial charge in [0.15, 0.2) is 5.78 Å². The van der Waals surface area contributed by atoms with Gasteiger partial charge in [-0.1, -0.05) is 48.5 Å². The van der Waals surface area contributed by atoms with Crippen molar-refractivity contribution in [3.05, 3.63) is 127 Å². The number of hydrogen-bond acceptors (Lipinski definition) is 2. The SMILES string of the molecule is CC(=O)c1ccc(-[n+]2c(-c3ccccc3)cc(-c3ccc(N(C)C)cc3)cc2-c2ccccc2)cc1. The maximum atomic E-state index is 11.9. The Labute approximate surface area is 212 Å². The Morgan fingerprint density at radius 3 is 1.53 bits per heavy atom. The molecule has 3 heteroatoms. The van der Waals surface area contributed by atoms with E-state index in [9.17, 15) is 4.79 Å². The van der Waals surface area contributed by atoms with Crippen LogP contribution in [0.2, 0.25) is 0 Å². The molecule has 0 aliphatic rings. The van der Waals surface area contributed by atoms with Crippen LogP contribution in [-0.4, -0.2) is 19.9 Å². The van der Waals surface area contributed by atoms with Gasteiger partial charge in [0.05, 0.1) is 0 Å². The monoisotopic (exact) mass is 469 g/mol. The second kappa shape index (κ2) is 10.0. The van der Waals surface area contributed by atoms with Gasteiger partial charge in [-0.25, -0.2) is 0 Å². The summed E-state index contributed by atoms with van der Waals surface area (Å²) in [7, 11) is 4.11. The fourth-order valence-electron chi connectivity index (χ4n) is 4.48. The van der Waals surface area contributed by atoms with Crippen LogP contribution < -0.4 is 9.47 Å². The molecule has 1 heterocycles. The van der Waals surface area contributed by atoms with Gasteiger partial charge < -0.3 is 4.90 Å². The molecule has 0 fully saturated rings. The highest BCUT2D eigenvalue weighted by Gasteiger charge is 2.25. The fourth-order valence-corrected chi connectivity index (χ4v) is 4.48. The Morgan fingerprint density at radius 1 is 0.583 bits per heavy atom. The zero-order valence-corrected chi connectivity index (χ0v) is 20.8. The Hall–Kier alpha value is -4.50. The zero-order valence-electron chi connectivity index (χ0n) is 20.8. The second-order valence-electron chi connectivity index (χ2n) is 9.13. The standard InChI is InChI=1S/C33H29N2O/c1-24(36)25-14-20-31(21-15-25)35-32(27-10-6-4-7-11-27)22-29(23-33(35)28-12-8-5-9-13-28)26-16-18-30(19-17-26)34(2)3/h4-23H,1-3H3/q+1. The Bertz CT molecular complexity index is 1430. The van der Waals surface area contributed by atoms with Crippen molar-refractivity contribution >= 4 is 11.5 Å². The number of ketones is 1. The van der Waals surface area contributed by atoms with Gasteiger partial charge in [-0.3, -0.25) is 4.79 Å². The van der Waals surface area contributed by atoms with E-state index in [4.69, 9.17) is 0 Å². The summed E-state index contributed by atoms with van der Waals surface area (Å²) in [5.74, 6) is 0.0645. The van der Waals surface area contributed by atoms with Crippen LogP contribution in [0.4, 0.5) is 5.69 Å². The molecule has 0 spiro atoms. The highest BCUT2D eigenvalue weighted by molar-refractivity contribution is 5.94. The number of carbonyl (C=O) groups excluding carboxylic acids is 1. The van der Waals surface area contributed by atoms with E-state index in [0.29, 0.717) is 5.56 Å². The van der Waals surface area contributed by atoms with E-state index in [-0.39, 0.29) is 5.78 Å². The van der Waals surface area contributed by atoms with Gasteiger partial charge in [0, 0.05) is 60.7 Å². The third kappa shape index (κ3) is 4.69. The van der Waals surface area contributed by atoms with E-state index in [0.717, 1.165) is 39.3 Å². The smallest absolute Gasteiger partial charge is 0.219 e. The minimum atomic E-state index is 0.0645. The van der Waals surface area contributed by atoms with E-state index in [2.05, 4.69) is 108 Å². The number of aromatic nitrogens is 1. The average molecular weight is 470 g/mol. The molecule has 4 aromatic carbocycles. The molecule has 0 aliphatic carbocycles. The zero-order chi connectivity index (χ0) is 25.1. The van der Waals surface area contributed by atoms with E-state index in [1.54, 1.807) is 6.92 Å². The molecule has 0 saturated heterocycles. The first-order chi connectivity index (χ1) is 17.5. The maximum Gasteiger partial charge on any atom is 0.219 e. The molecule has 36 heavy (non-hydrogen) atoms. The highest BCUT2D eigenvalue weighted by Crippen LogP contribution is 2.31. The summed E-state index contributed by atoms with van der Waals surface area (Å²) in [6.45, 7) is 1.60. The lowest BCUT2D eigenvalue weighted by atomic mass is 9.98. The summed E-state index contributed by atoms with van der Waals surface area (Å²) in [5, 5.41) is 0. The van der Waals surface area contributed by atoms with Crippen molar-refractivity contribution in [3.8, 4) is 39.3 Å². The van der Waals surface area contributed by atoms with E-state index >= 15 is 0 Å². The van der Waals surface area contributed by atoms with Gasteiger partial charge in [0.25, 0.3) is 0 Å². The molecule has 0 unspecified atom stereocenters. The van der Waals surface area contributed by atoms with E-state index in [1.807, 2.05) is 36.4 Å². The molecule has 176 valence electrons. The van der Waals surface area contributed by atoms with Gasteiger partial charge in [0.1, 0.15) is 0 Å². The molecule has 3 nitrogen and oxygen atoms in total. The van der Waals surface area contributed by atoms with Gasteiger partial charge in [0.2, 0.25) is 17.1 Å². The predicted octanol–water partition coefficient (Wildman–Crippen LogP) is 7.23. The minimum Gasteiger partial charge on any atom is -0.378 e. The first-order valence-corrected chi connectivity index (χ1v) is 12.1. The van der Waals surface area contributed by atoms with Gasteiger partial charge >= 0.3 is 0 Å². The molecule has 0 aliphatic heterocycles. The summed E-state index contributed by atoms with van der Waals surface area (Å²) >= 11 is 0. The van der Waals surface area contributed by atoms with Crippen LogP contribution in [0.25, 0.3) is 39.3 Å². The quantitative estimate of drug-likeness (QED) is 0.193. The number of pyridine rings is 1. The number of anilines is 1. The third-order valence-electron chi connectivity index (χ3n) is 6.45. The van der Waals surface area contributed by atoms with Crippen LogP contribution >= 0.6 is 0 Å². The molecule has 0 radical (unpaired) electrons. The molecular formula is C33H29N2O+. The van der Waals surface area contributed by atoms with Crippen LogP contribution in [0.3, 0.4) is 0 Å². The van der Waals surface area contributed by atoms with Crippen molar-refractivity contribution in [1.29, 1.82) is 0 Å². The number of Topliss-reactive ketones (excluding diaryl/α,β-unsaturated/α-hetero) is 1. The van der Waals surface area contributed by atoms with E-state index in [1.165, 1.54) is 5.69 Å². The van der Waals surface area contributed by atoms with Crippen molar-refractivity contribution in [3.63, 3.8) is 0 Å². The average Bonchev–Trinajstić information content (AvgIpc) is 2.93. The predicted molar refractivity (Wildman–Crippen MR) is 149 cm³/mol. The first kappa shape index (κ1) is 23.3. The van der Waals surface area contributed by atoms with Crippen LogP contribution in [0.5, 0.6) is 0 Å². The minimum absolute atomic E-state index is 0.0645. The molecule has 0 saturated carbocycles. The summed E-state index contributed by atoms with van der Waals surface area (Å²) < 4.78 is 2.28. The third-order valence-corrected chi connectivity index (χ3v) is 6.45. The number of rotatable bonds is 6. The molecule has 5 aromatic rings. The Kier molecular flexibility index (Phi) is 6.46. The highest BCUT2D eigenvalue weighted by atomic mass is 16.1. The normalized spacial score (nSPS) is 10.8. The molecule has 5 rings (SSSR count). The first-order valence-electron chi connectivity index (χ1n) is 12.1. The molecule has 0 N–H and O–H groups in total. The van der Waals surface area contributed by atoms with Gasteiger partial charge in [-0.15, -0.1) is 0 Å².